The summed E-state index contributed by atoms with van der Waals surface area (Å²) in [4.78, 5) is 13.8. The number of hydrogen-bond donors (Lipinski definition) is 1. The van der Waals surface area contributed by atoms with Crippen molar-refractivity contribution in [3.8, 4) is 0 Å². The molecule has 0 atom stereocenters. The SMILES string of the molecule is CCN(CCNC(C1CC1)C1CC1)C(=O)OC(C)(C)C. The highest BCUT2D eigenvalue weighted by Crippen LogP contribution is 2.44. The number of nitrogens with one attached hydrogen (secondary N) is 1. The Morgan fingerprint density at radius 1 is 1.25 bits per heavy atom. The molecule has 1 amide bonds. The average molecular weight is 282 g/mol. The van der Waals surface area contributed by atoms with Gasteiger partial charge in [-0.05, 0) is 65.2 Å². The number of amides is 1. The van der Waals surface area contributed by atoms with Crippen LogP contribution >= 0.6 is 0 Å². The number of likely N-dealkylation sites (N-methyl/N-ethyl adjacent to an activating group) is 1. The Balaban J connectivity index is 1.71. The van der Waals surface area contributed by atoms with Gasteiger partial charge in [-0.2, -0.15) is 0 Å². The Morgan fingerprint density at radius 2 is 1.80 bits per heavy atom. The minimum atomic E-state index is -0.414. The van der Waals surface area contributed by atoms with Crippen molar-refractivity contribution in [2.45, 2.75) is 65.0 Å². The molecule has 0 unspecified atom stereocenters. The van der Waals surface area contributed by atoms with Crippen LogP contribution < -0.4 is 5.32 Å². The molecule has 2 rings (SSSR count). The lowest BCUT2D eigenvalue weighted by atomic mass is 10.1. The van der Waals surface area contributed by atoms with Crippen molar-refractivity contribution in [3.63, 3.8) is 0 Å². The molecule has 0 bridgehead atoms. The Hall–Kier alpha value is -0.770. The van der Waals surface area contributed by atoms with E-state index in [-0.39, 0.29) is 6.09 Å². The molecule has 2 aliphatic carbocycles. The number of hydrogen-bond acceptors (Lipinski definition) is 3. The van der Waals surface area contributed by atoms with E-state index < -0.39 is 5.60 Å². The second-order valence-corrected chi connectivity index (χ2v) is 7.21. The number of carbonyl (C=O) groups is 1. The monoisotopic (exact) mass is 282 g/mol. The van der Waals surface area contributed by atoms with Gasteiger partial charge in [-0.1, -0.05) is 0 Å². The van der Waals surface area contributed by atoms with E-state index in [9.17, 15) is 4.79 Å². The van der Waals surface area contributed by atoms with Gasteiger partial charge in [-0.15, -0.1) is 0 Å². The van der Waals surface area contributed by atoms with Crippen LogP contribution in [-0.4, -0.2) is 42.3 Å². The van der Waals surface area contributed by atoms with Crippen molar-refractivity contribution in [1.82, 2.24) is 10.2 Å². The molecule has 116 valence electrons. The summed E-state index contributed by atoms with van der Waals surface area (Å²) in [5.74, 6) is 1.80. The fourth-order valence-electron chi connectivity index (χ4n) is 2.70. The molecule has 0 heterocycles. The molecule has 2 fully saturated rings. The lowest BCUT2D eigenvalue weighted by Gasteiger charge is -2.27. The number of nitrogens with zero attached hydrogens (tertiary/aromatic N) is 1. The molecule has 0 aliphatic heterocycles. The van der Waals surface area contributed by atoms with Gasteiger partial charge in [0.2, 0.25) is 0 Å². The van der Waals surface area contributed by atoms with Gasteiger partial charge in [0.05, 0.1) is 0 Å². The van der Waals surface area contributed by atoms with Crippen molar-refractivity contribution < 1.29 is 9.53 Å². The molecule has 2 aliphatic rings. The number of rotatable bonds is 7. The van der Waals surface area contributed by atoms with Gasteiger partial charge in [0.15, 0.2) is 0 Å². The standard InChI is InChI=1S/C16H30N2O2/c1-5-18(15(19)20-16(2,3)4)11-10-17-14(12-6-7-12)13-8-9-13/h12-14,17H,5-11H2,1-4H3. The molecular weight excluding hydrogens is 252 g/mol. The number of ether oxygens (including phenoxy) is 1. The van der Waals surface area contributed by atoms with Crippen molar-refractivity contribution >= 4 is 6.09 Å². The molecule has 0 aromatic carbocycles. The van der Waals surface area contributed by atoms with Crippen LogP contribution in [0.2, 0.25) is 0 Å². The maximum atomic E-state index is 12.0. The Kier molecular flexibility index (Phi) is 4.95. The Bertz CT molecular complexity index is 318. The third-order valence-electron chi connectivity index (χ3n) is 4.05. The van der Waals surface area contributed by atoms with E-state index in [1.165, 1.54) is 25.7 Å². The molecule has 20 heavy (non-hydrogen) atoms. The molecule has 1 N–H and O–H groups in total. The zero-order valence-corrected chi connectivity index (χ0v) is 13.4. The van der Waals surface area contributed by atoms with Gasteiger partial charge in [0, 0.05) is 25.7 Å². The molecule has 2 saturated carbocycles. The van der Waals surface area contributed by atoms with Crippen molar-refractivity contribution in [3.05, 3.63) is 0 Å². The molecule has 4 nitrogen and oxygen atoms in total. The predicted octanol–water partition coefficient (Wildman–Crippen LogP) is 3.02. The van der Waals surface area contributed by atoms with E-state index in [1.807, 2.05) is 27.7 Å². The maximum absolute atomic E-state index is 12.0. The van der Waals surface area contributed by atoms with Gasteiger partial charge in [-0.3, -0.25) is 0 Å². The summed E-state index contributed by atoms with van der Waals surface area (Å²) in [6, 6.07) is 0.701. The largest absolute Gasteiger partial charge is 0.444 e. The maximum Gasteiger partial charge on any atom is 0.410 e. The molecule has 4 heteroatoms. The minimum absolute atomic E-state index is 0.198. The van der Waals surface area contributed by atoms with Crippen LogP contribution in [0.3, 0.4) is 0 Å². The third kappa shape index (κ3) is 4.97. The van der Waals surface area contributed by atoms with Gasteiger partial charge in [0.1, 0.15) is 5.60 Å². The van der Waals surface area contributed by atoms with Crippen LogP contribution in [0.5, 0.6) is 0 Å². The van der Waals surface area contributed by atoms with E-state index in [1.54, 1.807) is 4.90 Å². The summed E-state index contributed by atoms with van der Waals surface area (Å²) < 4.78 is 5.43. The Labute approximate surface area is 123 Å². The molecular formula is C16H30N2O2. The molecule has 0 radical (unpaired) electrons. The molecule has 0 aromatic heterocycles. The molecule has 0 aromatic rings. The summed E-state index contributed by atoms with van der Waals surface area (Å²) in [7, 11) is 0. The third-order valence-corrected chi connectivity index (χ3v) is 4.05. The van der Waals surface area contributed by atoms with Gasteiger partial charge in [0.25, 0.3) is 0 Å². The van der Waals surface area contributed by atoms with E-state index in [2.05, 4.69) is 5.32 Å². The van der Waals surface area contributed by atoms with Gasteiger partial charge < -0.3 is 15.0 Å². The van der Waals surface area contributed by atoms with E-state index in [0.29, 0.717) is 12.6 Å². The van der Waals surface area contributed by atoms with Crippen LogP contribution in [0.1, 0.15) is 53.4 Å². The quantitative estimate of drug-likeness (QED) is 0.780. The lowest BCUT2D eigenvalue weighted by Crippen LogP contribution is -2.43. The van der Waals surface area contributed by atoms with Crippen LogP contribution in [0.15, 0.2) is 0 Å². The highest BCUT2D eigenvalue weighted by atomic mass is 16.6. The zero-order valence-electron chi connectivity index (χ0n) is 13.4. The molecule has 0 spiro atoms. The van der Waals surface area contributed by atoms with Crippen molar-refractivity contribution in [1.29, 1.82) is 0 Å². The topological polar surface area (TPSA) is 41.6 Å². The van der Waals surface area contributed by atoms with Crippen LogP contribution in [0, 0.1) is 11.8 Å². The zero-order chi connectivity index (χ0) is 14.8. The first-order chi connectivity index (χ1) is 9.40. The van der Waals surface area contributed by atoms with Gasteiger partial charge in [-0.25, -0.2) is 4.79 Å². The van der Waals surface area contributed by atoms with E-state index >= 15 is 0 Å². The summed E-state index contributed by atoms with van der Waals surface area (Å²) in [6.45, 7) is 10.1. The summed E-state index contributed by atoms with van der Waals surface area (Å²) in [5, 5.41) is 3.68. The number of carbonyl (C=O) groups excluding carboxylic acids is 1. The highest BCUT2D eigenvalue weighted by Gasteiger charge is 2.40. The van der Waals surface area contributed by atoms with E-state index in [0.717, 1.165) is 24.9 Å². The smallest absolute Gasteiger partial charge is 0.410 e. The second kappa shape index (κ2) is 6.33. The first kappa shape index (κ1) is 15.6. The summed E-state index contributed by atoms with van der Waals surface area (Å²) in [6.07, 6.45) is 5.35. The first-order valence-corrected chi connectivity index (χ1v) is 8.12. The van der Waals surface area contributed by atoms with Crippen LogP contribution in [-0.2, 0) is 4.74 Å². The average Bonchev–Trinajstić information content (AvgIpc) is 3.20. The fourth-order valence-corrected chi connectivity index (χ4v) is 2.70. The second-order valence-electron chi connectivity index (χ2n) is 7.21. The van der Waals surface area contributed by atoms with E-state index in [4.69, 9.17) is 4.74 Å². The van der Waals surface area contributed by atoms with Gasteiger partial charge >= 0.3 is 6.09 Å². The first-order valence-electron chi connectivity index (χ1n) is 8.12. The van der Waals surface area contributed by atoms with Crippen LogP contribution in [0.25, 0.3) is 0 Å². The minimum Gasteiger partial charge on any atom is -0.444 e. The highest BCUT2D eigenvalue weighted by molar-refractivity contribution is 5.68. The molecule has 0 saturated heterocycles. The Morgan fingerprint density at radius 3 is 2.20 bits per heavy atom. The summed E-state index contributed by atoms with van der Waals surface area (Å²) in [5.41, 5.74) is -0.414. The normalized spacial score (nSPS) is 19.2. The van der Waals surface area contributed by atoms with Crippen molar-refractivity contribution in [2.24, 2.45) is 11.8 Å². The van der Waals surface area contributed by atoms with Crippen LogP contribution in [0.4, 0.5) is 4.79 Å². The predicted molar refractivity (Wildman–Crippen MR) is 80.7 cm³/mol. The summed E-state index contributed by atoms with van der Waals surface area (Å²) >= 11 is 0. The fraction of sp³-hybridized carbons (Fsp3) is 0.938. The lowest BCUT2D eigenvalue weighted by molar-refractivity contribution is 0.0260. The van der Waals surface area contributed by atoms with Crippen molar-refractivity contribution in [2.75, 3.05) is 19.6 Å².